The molecule has 0 bridgehead atoms. The van der Waals surface area contributed by atoms with Crippen molar-refractivity contribution in [3.05, 3.63) is 36.6 Å². The molecular weight excluding hydrogens is 100 g/mol. The van der Waals surface area contributed by atoms with Gasteiger partial charge in [0.15, 0.2) is 0 Å². The van der Waals surface area contributed by atoms with Crippen LogP contribution in [0.5, 0.6) is 0 Å². The van der Waals surface area contributed by atoms with Gasteiger partial charge >= 0.3 is 0 Å². The minimum atomic E-state index is 0.308. The quantitative estimate of drug-likeness (QED) is 0.426. The van der Waals surface area contributed by atoms with Crippen molar-refractivity contribution in [3.8, 4) is 0 Å². The van der Waals surface area contributed by atoms with Crippen LogP contribution in [0.2, 0.25) is 0 Å². The van der Waals surface area contributed by atoms with E-state index in [0.717, 1.165) is 0 Å². The Bertz CT molecular complexity index is 116. The van der Waals surface area contributed by atoms with Crippen molar-refractivity contribution in [1.82, 2.24) is 0 Å². The third-order valence-electron chi connectivity index (χ3n) is 0.585. The van der Waals surface area contributed by atoms with E-state index >= 15 is 0 Å². The first-order valence-corrected chi connectivity index (χ1v) is 2.42. The van der Waals surface area contributed by atoms with Crippen LogP contribution in [-0.4, -0.2) is 5.11 Å². The molecule has 0 spiro atoms. The molecular formula is C7H10O. The van der Waals surface area contributed by atoms with Gasteiger partial charge in [-0.25, -0.2) is 0 Å². The first-order valence-electron chi connectivity index (χ1n) is 2.42. The molecule has 0 aliphatic rings. The second kappa shape index (κ2) is 4.19. The summed E-state index contributed by atoms with van der Waals surface area (Å²) in [5.41, 5.74) is 0. The average molecular weight is 110 g/mol. The van der Waals surface area contributed by atoms with Gasteiger partial charge in [0.2, 0.25) is 0 Å². The van der Waals surface area contributed by atoms with E-state index in [-0.39, 0.29) is 0 Å². The smallest absolute Gasteiger partial charge is 0.0891 e. The van der Waals surface area contributed by atoms with E-state index in [9.17, 15) is 0 Å². The molecule has 0 aromatic rings. The van der Waals surface area contributed by atoms with Gasteiger partial charge < -0.3 is 5.11 Å². The van der Waals surface area contributed by atoms with Gasteiger partial charge in [-0.05, 0) is 13.0 Å². The third-order valence-corrected chi connectivity index (χ3v) is 0.585. The summed E-state index contributed by atoms with van der Waals surface area (Å²) in [6.45, 7) is 5.08. The van der Waals surface area contributed by atoms with E-state index in [1.54, 1.807) is 31.2 Å². The van der Waals surface area contributed by atoms with E-state index in [4.69, 9.17) is 5.11 Å². The van der Waals surface area contributed by atoms with Crippen molar-refractivity contribution >= 4 is 0 Å². The van der Waals surface area contributed by atoms with Crippen LogP contribution >= 0.6 is 0 Å². The molecule has 0 amide bonds. The van der Waals surface area contributed by atoms with Crippen LogP contribution < -0.4 is 0 Å². The van der Waals surface area contributed by atoms with Crippen LogP contribution in [0.3, 0.4) is 0 Å². The lowest BCUT2D eigenvalue weighted by molar-refractivity contribution is 0.414. The second-order valence-corrected chi connectivity index (χ2v) is 1.43. The van der Waals surface area contributed by atoms with Crippen molar-refractivity contribution in [1.29, 1.82) is 0 Å². The molecule has 0 saturated carbocycles. The summed E-state index contributed by atoms with van der Waals surface area (Å²) in [7, 11) is 0. The molecule has 0 fully saturated rings. The van der Waals surface area contributed by atoms with Crippen LogP contribution in [0, 0.1) is 0 Å². The molecule has 0 unspecified atom stereocenters. The van der Waals surface area contributed by atoms with E-state index in [0.29, 0.717) is 5.76 Å². The number of aliphatic hydroxyl groups excluding tert-OH is 1. The SMILES string of the molecule is C=CC=CC=C(C)O. The summed E-state index contributed by atoms with van der Waals surface area (Å²) in [5.74, 6) is 0.308. The molecule has 0 aliphatic heterocycles. The number of rotatable bonds is 2. The highest BCUT2D eigenvalue weighted by Gasteiger charge is 1.68. The zero-order chi connectivity index (χ0) is 6.41. The van der Waals surface area contributed by atoms with Gasteiger partial charge in [-0.2, -0.15) is 0 Å². The molecule has 0 radical (unpaired) electrons. The number of aliphatic hydroxyl groups is 1. The third kappa shape index (κ3) is 5.02. The summed E-state index contributed by atoms with van der Waals surface area (Å²) in [6, 6.07) is 0. The highest BCUT2D eigenvalue weighted by Crippen LogP contribution is 1.84. The van der Waals surface area contributed by atoms with Crippen molar-refractivity contribution in [2.24, 2.45) is 0 Å². The monoisotopic (exact) mass is 110 g/mol. The molecule has 1 N–H and O–H groups in total. The van der Waals surface area contributed by atoms with Crippen LogP contribution in [0.4, 0.5) is 0 Å². The lowest BCUT2D eigenvalue weighted by Crippen LogP contribution is -1.63. The topological polar surface area (TPSA) is 20.2 Å². The average Bonchev–Trinajstić information content (AvgIpc) is 1.66. The van der Waals surface area contributed by atoms with E-state index in [1.165, 1.54) is 0 Å². The highest BCUT2D eigenvalue weighted by molar-refractivity contribution is 5.10. The Morgan fingerprint density at radius 1 is 1.50 bits per heavy atom. The normalized spacial score (nSPS) is 12.4. The van der Waals surface area contributed by atoms with Crippen LogP contribution in [-0.2, 0) is 0 Å². The van der Waals surface area contributed by atoms with Gasteiger partial charge in [-0.3, -0.25) is 0 Å². The molecule has 0 saturated heterocycles. The predicted octanol–water partition coefficient (Wildman–Crippen LogP) is 2.19. The van der Waals surface area contributed by atoms with Crippen molar-refractivity contribution in [2.75, 3.05) is 0 Å². The first-order chi connectivity index (χ1) is 3.77. The molecule has 8 heavy (non-hydrogen) atoms. The fourth-order valence-corrected chi connectivity index (χ4v) is 0.273. The standard InChI is InChI=1S/C7H10O/c1-3-4-5-6-7(2)8/h3-6,8H,1H2,2H3. The molecule has 0 aromatic heterocycles. The Kier molecular flexibility index (Phi) is 3.67. The Morgan fingerprint density at radius 3 is 2.50 bits per heavy atom. The zero-order valence-electron chi connectivity index (χ0n) is 4.96. The maximum atomic E-state index is 8.55. The minimum Gasteiger partial charge on any atom is -0.513 e. The molecule has 0 atom stereocenters. The van der Waals surface area contributed by atoms with Crippen LogP contribution in [0.25, 0.3) is 0 Å². The van der Waals surface area contributed by atoms with Gasteiger partial charge in [-0.1, -0.05) is 24.8 Å². The Morgan fingerprint density at radius 2 is 2.12 bits per heavy atom. The predicted molar refractivity (Wildman–Crippen MR) is 35.7 cm³/mol. The van der Waals surface area contributed by atoms with Crippen LogP contribution in [0.1, 0.15) is 6.92 Å². The largest absolute Gasteiger partial charge is 0.513 e. The van der Waals surface area contributed by atoms with Crippen molar-refractivity contribution in [2.45, 2.75) is 6.92 Å². The molecule has 44 valence electrons. The highest BCUT2D eigenvalue weighted by atomic mass is 16.3. The summed E-state index contributed by atoms with van der Waals surface area (Å²) in [5, 5.41) is 8.55. The van der Waals surface area contributed by atoms with Gasteiger partial charge in [-0.15, -0.1) is 0 Å². The van der Waals surface area contributed by atoms with Crippen molar-refractivity contribution < 1.29 is 5.11 Å². The summed E-state index contributed by atoms with van der Waals surface area (Å²) in [4.78, 5) is 0. The lowest BCUT2D eigenvalue weighted by atomic mass is 10.4. The van der Waals surface area contributed by atoms with E-state index in [1.807, 2.05) is 0 Å². The first kappa shape index (κ1) is 7.02. The van der Waals surface area contributed by atoms with E-state index < -0.39 is 0 Å². The molecule has 1 nitrogen and oxygen atoms in total. The summed E-state index contributed by atoms with van der Waals surface area (Å²) >= 11 is 0. The van der Waals surface area contributed by atoms with Gasteiger partial charge in [0.1, 0.15) is 0 Å². The summed E-state index contributed by atoms with van der Waals surface area (Å²) < 4.78 is 0. The Hall–Kier alpha value is -0.980. The van der Waals surface area contributed by atoms with Crippen molar-refractivity contribution in [3.63, 3.8) is 0 Å². The summed E-state index contributed by atoms with van der Waals surface area (Å²) in [6.07, 6.45) is 6.73. The minimum absolute atomic E-state index is 0.308. The fourth-order valence-electron chi connectivity index (χ4n) is 0.273. The number of hydrogen-bond donors (Lipinski definition) is 1. The Balaban J connectivity index is 3.57. The number of allylic oxidation sites excluding steroid dienone is 5. The molecule has 0 aromatic carbocycles. The second-order valence-electron chi connectivity index (χ2n) is 1.43. The van der Waals surface area contributed by atoms with Crippen LogP contribution in [0.15, 0.2) is 36.6 Å². The van der Waals surface area contributed by atoms with Gasteiger partial charge in [0, 0.05) is 0 Å². The maximum Gasteiger partial charge on any atom is 0.0891 e. The molecule has 1 heteroatoms. The number of hydrogen-bond acceptors (Lipinski definition) is 1. The Labute approximate surface area is 49.7 Å². The van der Waals surface area contributed by atoms with Gasteiger partial charge in [0.05, 0.1) is 5.76 Å². The fraction of sp³-hybridized carbons (Fsp3) is 0.143. The van der Waals surface area contributed by atoms with Gasteiger partial charge in [0.25, 0.3) is 0 Å². The maximum absolute atomic E-state index is 8.55. The van der Waals surface area contributed by atoms with E-state index in [2.05, 4.69) is 6.58 Å². The lowest BCUT2D eigenvalue weighted by Gasteiger charge is -1.78. The molecule has 0 rings (SSSR count). The molecule has 0 aliphatic carbocycles. The zero-order valence-corrected chi connectivity index (χ0v) is 4.96. The molecule has 0 heterocycles.